The van der Waals surface area contributed by atoms with Crippen LogP contribution >= 0.6 is 0 Å². The molecule has 1 unspecified atom stereocenters. The highest BCUT2D eigenvalue weighted by molar-refractivity contribution is 5.71. The van der Waals surface area contributed by atoms with Crippen molar-refractivity contribution in [3.63, 3.8) is 0 Å². The van der Waals surface area contributed by atoms with Crippen molar-refractivity contribution in [3.05, 3.63) is 60.8 Å². The molecule has 0 spiro atoms. The SMILES string of the molecule is CC/C=C\C/C=C\C/C=C\C/C=C\C/C=C\CCCCCCCCCC(=O)OC(COC(=O)CCCCCCCCCC)COC(=O)CCCCCCCCCCCCCCCCCCCCCCCCCCCCCCCCCCC. The molecular weight excluding hydrogens is 1010 g/mol. The molecule has 0 radical (unpaired) electrons. The second-order valence-electron chi connectivity index (χ2n) is 24.5. The van der Waals surface area contributed by atoms with Crippen LogP contribution in [0.25, 0.3) is 0 Å². The van der Waals surface area contributed by atoms with E-state index < -0.39 is 6.10 Å². The summed E-state index contributed by atoms with van der Waals surface area (Å²) in [4.78, 5) is 38.2. The molecule has 0 N–H and O–H groups in total. The van der Waals surface area contributed by atoms with E-state index >= 15 is 0 Å². The van der Waals surface area contributed by atoms with Gasteiger partial charge in [0.25, 0.3) is 0 Å². The average molecular weight is 1150 g/mol. The molecule has 478 valence electrons. The van der Waals surface area contributed by atoms with Gasteiger partial charge in [-0.15, -0.1) is 0 Å². The van der Waals surface area contributed by atoms with Crippen LogP contribution in [0.5, 0.6) is 0 Å². The van der Waals surface area contributed by atoms with E-state index in [1.165, 1.54) is 250 Å². The van der Waals surface area contributed by atoms with Gasteiger partial charge in [0.2, 0.25) is 0 Å². The molecule has 0 aromatic rings. The van der Waals surface area contributed by atoms with Gasteiger partial charge in [0.15, 0.2) is 6.10 Å². The largest absolute Gasteiger partial charge is 0.462 e. The number of esters is 3. The van der Waals surface area contributed by atoms with Crippen LogP contribution in [0, 0.1) is 0 Å². The predicted molar refractivity (Wildman–Crippen MR) is 358 cm³/mol. The summed E-state index contributed by atoms with van der Waals surface area (Å²) in [5.41, 5.74) is 0. The zero-order valence-corrected chi connectivity index (χ0v) is 55.0. The predicted octanol–water partition coefficient (Wildman–Crippen LogP) is 25.1. The number of hydrogen-bond donors (Lipinski definition) is 0. The first kappa shape index (κ1) is 79.1. The third kappa shape index (κ3) is 67.9. The lowest BCUT2D eigenvalue weighted by molar-refractivity contribution is -0.167. The molecular formula is C76H138O6. The fraction of sp³-hybridized carbons (Fsp3) is 0.829. The highest BCUT2D eigenvalue weighted by Crippen LogP contribution is 2.19. The highest BCUT2D eigenvalue weighted by atomic mass is 16.6. The molecule has 6 nitrogen and oxygen atoms in total. The Morgan fingerprint density at radius 2 is 0.476 bits per heavy atom. The van der Waals surface area contributed by atoms with E-state index in [1.807, 2.05) is 0 Å². The normalized spacial score (nSPS) is 12.4. The van der Waals surface area contributed by atoms with Crippen molar-refractivity contribution in [2.24, 2.45) is 0 Å². The smallest absolute Gasteiger partial charge is 0.306 e. The molecule has 82 heavy (non-hydrogen) atoms. The minimum absolute atomic E-state index is 0.0745. The van der Waals surface area contributed by atoms with Crippen LogP contribution in [0.2, 0.25) is 0 Å². The van der Waals surface area contributed by atoms with E-state index in [2.05, 4.69) is 81.5 Å². The summed E-state index contributed by atoms with van der Waals surface area (Å²) in [7, 11) is 0. The van der Waals surface area contributed by atoms with Gasteiger partial charge in [0.1, 0.15) is 13.2 Å². The van der Waals surface area contributed by atoms with Crippen molar-refractivity contribution in [3.8, 4) is 0 Å². The van der Waals surface area contributed by atoms with E-state index in [0.717, 1.165) is 96.3 Å². The molecule has 0 fully saturated rings. The van der Waals surface area contributed by atoms with Crippen LogP contribution in [0.3, 0.4) is 0 Å². The number of unbranched alkanes of at least 4 members (excludes halogenated alkanes) is 46. The molecule has 0 aliphatic carbocycles. The van der Waals surface area contributed by atoms with E-state index in [1.54, 1.807) is 0 Å². The van der Waals surface area contributed by atoms with Gasteiger partial charge >= 0.3 is 17.9 Å². The van der Waals surface area contributed by atoms with Crippen LogP contribution in [0.4, 0.5) is 0 Å². The topological polar surface area (TPSA) is 78.9 Å². The summed E-state index contributed by atoms with van der Waals surface area (Å²) in [5, 5.41) is 0. The molecule has 0 aromatic heterocycles. The molecule has 6 heteroatoms. The van der Waals surface area contributed by atoms with Crippen LogP contribution in [0.1, 0.15) is 387 Å². The fourth-order valence-electron chi connectivity index (χ4n) is 10.9. The Kier molecular flexibility index (Phi) is 68.1. The van der Waals surface area contributed by atoms with E-state index in [9.17, 15) is 14.4 Å². The zero-order chi connectivity index (χ0) is 59.2. The van der Waals surface area contributed by atoms with Gasteiger partial charge in [0, 0.05) is 19.3 Å². The van der Waals surface area contributed by atoms with Crippen LogP contribution in [-0.2, 0) is 28.6 Å². The second-order valence-corrected chi connectivity index (χ2v) is 24.5. The minimum Gasteiger partial charge on any atom is -0.462 e. The number of carbonyl (C=O) groups is 3. The van der Waals surface area contributed by atoms with Crippen molar-refractivity contribution in [1.29, 1.82) is 0 Å². The number of carbonyl (C=O) groups excluding carboxylic acids is 3. The summed E-state index contributed by atoms with van der Waals surface area (Å²) in [6, 6.07) is 0. The van der Waals surface area contributed by atoms with Gasteiger partial charge in [-0.2, -0.15) is 0 Å². The van der Waals surface area contributed by atoms with Gasteiger partial charge < -0.3 is 14.2 Å². The number of ether oxygens (including phenoxy) is 3. The monoisotopic (exact) mass is 1150 g/mol. The molecule has 0 bridgehead atoms. The number of rotatable bonds is 67. The Labute approximate surface area is 510 Å². The van der Waals surface area contributed by atoms with Gasteiger partial charge in [0.05, 0.1) is 0 Å². The first-order valence-corrected chi connectivity index (χ1v) is 36.3. The van der Waals surface area contributed by atoms with Gasteiger partial charge in [-0.25, -0.2) is 0 Å². The van der Waals surface area contributed by atoms with Gasteiger partial charge in [-0.3, -0.25) is 14.4 Å². The quantitative estimate of drug-likeness (QED) is 0.0261. The van der Waals surface area contributed by atoms with Crippen molar-refractivity contribution in [2.45, 2.75) is 393 Å². The maximum absolute atomic E-state index is 12.9. The third-order valence-electron chi connectivity index (χ3n) is 16.3. The molecule has 0 amide bonds. The Balaban J connectivity index is 4.03. The standard InChI is InChI=1S/C76H138O6/c1-4-7-10-13-16-19-21-23-25-27-29-31-33-34-35-36-37-38-39-40-41-42-44-45-47-49-51-53-55-57-60-63-66-69-75(78)81-72-73(71-80-74(77)68-65-62-59-18-15-12-9-6-3)82-76(79)70-67-64-61-58-56-54-52-50-48-46-43-32-30-28-26-24-22-20-17-14-11-8-5-2/h8,11,17,20,24,26,30,32,46,48,73H,4-7,9-10,12-16,18-19,21-23,25,27-29,31,33-45,47,49-72H2,1-3H3/b11-8-,20-17-,26-24-,32-30-,48-46-. The molecule has 0 aliphatic rings. The maximum Gasteiger partial charge on any atom is 0.306 e. The average Bonchev–Trinajstić information content (AvgIpc) is 3.47. The zero-order valence-electron chi connectivity index (χ0n) is 55.0. The molecule has 0 heterocycles. The van der Waals surface area contributed by atoms with Crippen LogP contribution in [-0.4, -0.2) is 37.2 Å². The fourth-order valence-corrected chi connectivity index (χ4v) is 10.9. The van der Waals surface area contributed by atoms with E-state index in [0.29, 0.717) is 19.3 Å². The maximum atomic E-state index is 12.9. The Morgan fingerprint density at radius 1 is 0.256 bits per heavy atom. The summed E-state index contributed by atoms with van der Waals surface area (Å²) in [6.07, 6.45) is 91.5. The van der Waals surface area contributed by atoms with Gasteiger partial charge in [-0.05, 0) is 64.2 Å². The Bertz CT molecular complexity index is 1460. The van der Waals surface area contributed by atoms with Crippen LogP contribution < -0.4 is 0 Å². The number of hydrogen-bond acceptors (Lipinski definition) is 6. The van der Waals surface area contributed by atoms with Crippen molar-refractivity contribution in [1.82, 2.24) is 0 Å². The Hall–Kier alpha value is -2.89. The van der Waals surface area contributed by atoms with Crippen molar-refractivity contribution >= 4 is 17.9 Å². The first-order chi connectivity index (χ1) is 40.5. The minimum atomic E-state index is -0.778. The van der Waals surface area contributed by atoms with E-state index in [-0.39, 0.29) is 31.1 Å². The Morgan fingerprint density at radius 3 is 0.744 bits per heavy atom. The van der Waals surface area contributed by atoms with Crippen LogP contribution in [0.15, 0.2) is 60.8 Å². The third-order valence-corrected chi connectivity index (χ3v) is 16.3. The summed E-state index contributed by atoms with van der Waals surface area (Å²) >= 11 is 0. The molecule has 0 rings (SSSR count). The molecule has 0 aliphatic heterocycles. The lowest BCUT2D eigenvalue weighted by Gasteiger charge is -2.18. The lowest BCUT2D eigenvalue weighted by Crippen LogP contribution is -2.30. The first-order valence-electron chi connectivity index (χ1n) is 36.3. The summed E-state index contributed by atoms with van der Waals surface area (Å²) in [5.74, 6) is -0.869. The lowest BCUT2D eigenvalue weighted by atomic mass is 10.0. The second kappa shape index (κ2) is 70.6. The number of allylic oxidation sites excluding steroid dienone is 10. The van der Waals surface area contributed by atoms with Crippen molar-refractivity contribution in [2.75, 3.05) is 13.2 Å². The molecule has 0 saturated carbocycles. The van der Waals surface area contributed by atoms with Gasteiger partial charge in [-0.1, -0.05) is 364 Å². The molecule has 1 atom stereocenters. The van der Waals surface area contributed by atoms with Crippen molar-refractivity contribution < 1.29 is 28.6 Å². The molecule has 0 aromatic carbocycles. The van der Waals surface area contributed by atoms with E-state index in [4.69, 9.17) is 14.2 Å². The summed E-state index contributed by atoms with van der Waals surface area (Å²) < 4.78 is 16.9. The summed E-state index contributed by atoms with van der Waals surface area (Å²) in [6.45, 7) is 6.55. The molecule has 0 saturated heterocycles. The highest BCUT2D eigenvalue weighted by Gasteiger charge is 2.19.